The van der Waals surface area contributed by atoms with Gasteiger partial charge in [-0.2, -0.15) is 0 Å². The Balaban J connectivity index is -0.000000121. The van der Waals surface area contributed by atoms with Gasteiger partial charge in [0.25, 0.3) is 0 Å². The highest BCUT2D eigenvalue weighted by atomic mass is 16.1. The van der Waals surface area contributed by atoms with E-state index in [4.69, 9.17) is 5.73 Å². The van der Waals surface area contributed by atoms with Crippen molar-refractivity contribution in [3.05, 3.63) is 0 Å². The SMILES string of the molecule is CC.CC.CC.CC(=O)C(N)CCCN(C)C. The number of carbonyl (C=O) groups is 1. The summed E-state index contributed by atoms with van der Waals surface area (Å²) < 4.78 is 0. The molecule has 108 valence electrons. The summed E-state index contributed by atoms with van der Waals surface area (Å²) in [7, 11) is 4.03. The van der Waals surface area contributed by atoms with Crippen molar-refractivity contribution in [1.29, 1.82) is 0 Å². The first-order chi connectivity index (χ1) is 8.04. The van der Waals surface area contributed by atoms with Crippen molar-refractivity contribution in [1.82, 2.24) is 4.90 Å². The van der Waals surface area contributed by atoms with Crippen LogP contribution in [0.1, 0.15) is 61.3 Å². The maximum Gasteiger partial charge on any atom is 0.146 e. The summed E-state index contributed by atoms with van der Waals surface area (Å²) in [4.78, 5) is 12.8. The largest absolute Gasteiger partial charge is 0.322 e. The molecule has 3 nitrogen and oxygen atoms in total. The van der Waals surface area contributed by atoms with Gasteiger partial charge in [0.15, 0.2) is 0 Å². The van der Waals surface area contributed by atoms with Gasteiger partial charge in [-0.05, 0) is 40.4 Å². The third-order valence-electron chi connectivity index (χ3n) is 1.64. The molecule has 0 spiro atoms. The molecule has 0 amide bonds. The summed E-state index contributed by atoms with van der Waals surface area (Å²) in [6.45, 7) is 14.5. The molecule has 0 saturated heterocycles. The molecule has 1 unspecified atom stereocenters. The van der Waals surface area contributed by atoms with Crippen LogP contribution in [0, 0.1) is 0 Å². The van der Waals surface area contributed by atoms with Gasteiger partial charge < -0.3 is 10.6 Å². The van der Waals surface area contributed by atoms with E-state index in [0.717, 1.165) is 19.4 Å². The minimum atomic E-state index is -0.255. The fourth-order valence-electron chi connectivity index (χ4n) is 0.831. The molecule has 0 bridgehead atoms. The predicted molar refractivity (Wildman–Crippen MR) is 80.5 cm³/mol. The highest BCUT2D eigenvalue weighted by molar-refractivity contribution is 5.80. The highest BCUT2D eigenvalue weighted by Gasteiger charge is 2.06. The van der Waals surface area contributed by atoms with Crippen LogP contribution in [0.4, 0.5) is 0 Å². The Morgan fingerprint density at radius 1 is 1.06 bits per heavy atom. The second kappa shape index (κ2) is 24.7. The molecule has 0 saturated carbocycles. The maximum atomic E-state index is 10.7. The smallest absolute Gasteiger partial charge is 0.146 e. The Morgan fingerprint density at radius 3 is 1.65 bits per heavy atom. The molecule has 0 aliphatic heterocycles. The van der Waals surface area contributed by atoms with Crippen molar-refractivity contribution in [3.63, 3.8) is 0 Å². The molecule has 0 rings (SSSR count). The Bertz CT molecular complexity index is 125. The molecule has 0 aromatic carbocycles. The summed E-state index contributed by atoms with van der Waals surface area (Å²) in [5, 5.41) is 0. The number of nitrogens with zero attached hydrogens (tertiary/aromatic N) is 1. The van der Waals surface area contributed by atoms with Gasteiger partial charge in [-0.3, -0.25) is 4.79 Å². The zero-order chi connectivity index (χ0) is 14.9. The number of Topliss-reactive ketones (excluding diaryl/α,β-unsaturated/α-hetero) is 1. The fourth-order valence-corrected chi connectivity index (χ4v) is 0.831. The molecule has 0 fully saturated rings. The van der Waals surface area contributed by atoms with Crippen LogP contribution in [-0.2, 0) is 4.79 Å². The second-order valence-electron chi connectivity index (χ2n) is 3.16. The molecule has 0 heterocycles. The molecule has 1 atom stereocenters. The van der Waals surface area contributed by atoms with Gasteiger partial charge in [0.05, 0.1) is 6.04 Å². The molecule has 3 heteroatoms. The monoisotopic (exact) mass is 248 g/mol. The molecular formula is C14H36N2O. The average molecular weight is 248 g/mol. The van der Waals surface area contributed by atoms with Crippen LogP contribution in [0.25, 0.3) is 0 Å². The molecule has 0 radical (unpaired) electrons. The van der Waals surface area contributed by atoms with Crippen LogP contribution in [0.2, 0.25) is 0 Å². The van der Waals surface area contributed by atoms with Crippen molar-refractivity contribution in [2.45, 2.75) is 67.3 Å². The molecule has 17 heavy (non-hydrogen) atoms. The standard InChI is InChI=1S/C8H18N2O.3C2H6/c1-7(11)8(9)5-4-6-10(2)3;3*1-2/h8H,4-6,9H2,1-3H3;3*1-2H3. The van der Waals surface area contributed by atoms with Crippen molar-refractivity contribution in [2.24, 2.45) is 5.73 Å². The van der Waals surface area contributed by atoms with E-state index in [1.807, 2.05) is 55.6 Å². The molecule has 0 aliphatic rings. The van der Waals surface area contributed by atoms with Crippen LogP contribution >= 0.6 is 0 Å². The summed E-state index contributed by atoms with van der Waals surface area (Å²) in [6, 6.07) is -0.255. The van der Waals surface area contributed by atoms with E-state index < -0.39 is 0 Å². The summed E-state index contributed by atoms with van der Waals surface area (Å²) >= 11 is 0. The van der Waals surface area contributed by atoms with Crippen molar-refractivity contribution in [2.75, 3.05) is 20.6 Å². The molecule has 0 aromatic rings. The summed E-state index contributed by atoms with van der Waals surface area (Å²) in [6.07, 6.45) is 1.79. The summed E-state index contributed by atoms with van der Waals surface area (Å²) in [5.74, 6) is 0.0868. The molecule has 0 aromatic heterocycles. The van der Waals surface area contributed by atoms with Gasteiger partial charge in [-0.15, -0.1) is 0 Å². The lowest BCUT2D eigenvalue weighted by Gasteiger charge is -2.11. The van der Waals surface area contributed by atoms with Gasteiger partial charge in [0.2, 0.25) is 0 Å². The zero-order valence-corrected chi connectivity index (χ0v) is 13.6. The predicted octanol–water partition coefficient (Wildman–Crippen LogP) is 3.32. The number of rotatable bonds is 5. The minimum Gasteiger partial charge on any atom is -0.322 e. The minimum absolute atomic E-state index is 0.0868. The number of nitrogens with two attached hydrogens (primary N) is 1. The molecule has 0 aliphatic carbocycles. The van der Waals surface area contributed by atoms with Gasteiger partial charge in [-0.25, -0.2) is 0 Å². The molecule has 2 N–H and O–H groups in total. The van der Waals surface area contributed by atoms with Crippen LogP contribution in [0.3, 0.4) is 0 Å². The maximum absolute atomic E-state index is 10.7. The average Bonchev–Trinajstić information content (AvgIpc) is 2.36. The van der Waals surface area contributed by atoms with Crippen LogP contribution in [0.5, 0.6) is 0 Å². The van der Waals surface area contributed by atoms with E-state index in [0.29, 0.717) is 0 Å². The Kier molecular flexibility index (Phi) is 37.0. The van der Waals surface area contributed by atoms with Crippen LogP contribution in [-0.4, -0.2) is 37.4 Å². The van der Waals surface area contributed by atoms with E-state index in [-0.39, 0.29) is 11.8 Å². The zero-order valence-electron chi connectivity index (χ0n) is 13.6. The second-order valence-corrected chi connectivity index (χ2v) is 3.16. The quantitative estimate of drug-likeness (QED) is 0.812. The van der Waals surface area contributed by atoms with Crippen molar-refractivity contribution >= 4 is 5.78 Å². The van der Waals surface area contributed by atoms with Crippen LogP contribution in [0.15, 0.2) is 0 Å². The first kappa shape index (κ1) is 25.4. The first-order valence-electron chi connectivity index (χ1n) is 6.95. The number of hydrogen-bond acceptors (Lipinski definition) is 3. The Labute approximate surface area is 110 Å². The lowest BCUT2D eigenvalue weighted by atomic mass is 10.1. The van der Waals surface area contributed by atoms with Crippen molar-refractivity contribution < 1.29 is 4.79 Å². The Morgan fingerprint density at radius 2 is 1.41 bits per heavy atom. The van der Waals surface area contributed by atoms with E-state index in [2.05, 4.69) is 4.90 Å². The number of hydrogen-bond donors (Lipinski definition) is 1. The van der Waals surface area contributed by atoms with Crippen LogP contribution < -0.4 is 5.73 Å². The normalized spacial score (nSPS) is 9.82. The fraction of sp³-hybridized carbons (Fsp3) is 0.929. The lowest BCUT2D eigenvalue weighted by molar-refractivity contribution is -0.118. The van der Waals surface area contributed by atoms with Crippen molar-refractivity contribution in [3.8, 4) is 0 Å². The van der Waals surface area contributed by atoms with Gasteiger partial charge >= 0.3 is 0 Å². The van der Waals surface area contributed by atoms with E-state index in [1.54, 1.807) is 6.92 Å². The topological polar surface area (TPSA) is 46.3 Å². The van der Waals surface area contributed by atoms with E-state index in [1.165, 1.54) is 0 Å². The number of carbonyl (C=O) groups excluding carboxylic acids is 1. The first-order valence-corrected chi connectivity index (χ1v) is 6.95. The van der Waals surface area contributed by atoms with Gasteiger partial charge in [0, 0.05) is 0 Å². The number of ketones is 1. The molecular weight excluding hydrogens is 212 g/mol. The Hall–Kier alpha value is -0.410. The van der Waals surface area contributed by atoms with E-state index >= 15 is 0 Å². The van der Waals surface area contributed by atoms with Gasteiger partial charge in [-0.1, -0.05) is 41.5 Å². The third kappa shape index (κ3) is 31.3. The van der Waals surface area contributed by atoms with Gasteiger partial charge in [0.1, 0.15) is 5.78 Å². The van der Waals surface area contributed by atoms with E-state index in [9.17, 15) is 4.79 Å². The highest BCUT2D eigenvalue weighted by Crippen LogP contribution is 1.96. The summed E-state index contributed by atoms with van der Waals surface area (Å²) in [5.41, 5.74) is 5.53. The third-order valence-corrected chi connectivity index (χ3v) is 1.64. The lowest BCUT2D eigenvalue weighted by Crippen LogP contribution is -2.29.